The second kappa shape index (κ2) is 6.64. The predicted molar refractivity (Wildman–Crippen MR) is 70.5 cm³/mol. The van der Waals surface area contributed by atoms with Crippen LogP contribution in [-0.4, -0.2) is 34.9 Å². The molecule has 1 aromatic rings. The van der Waals surface area contributed by atoms with Crippen LogP contribution in [0.5, 0.6) is 0 Å². The smallest absolute Gasteiger partial charge is 0.230 e. The van der Waals surface area contributed by atoms with Crippen molar-refractivity contribution in [1.29, 1.82) is 0 Å². The van der Waals surface area contributed by atoms with Gasteiger partial charge in [0.25, 0.3) is 0 Å². The van der Waals surface area contributed by atoms with Crippen molar-refractivity contribution in [3.05, 3.63) is 35.9 Å². The molecule has 1 atom stereocenters. The number of amidine groups is 1. The Balaban J connectivity index is 2.78. The quantitative estimate of drug-likeness (QED) is 0.358. The van der Waals surface area contributed by atoms with Crippen LogP contribution in [0.4, 0.5) is 0 Å². The number of nitrogens with zero attached hydrogens (tertiary/aromatic N) is 2. The lowest BCUT2D eigenvalue weighted by Gasteiger charge is -2.24. The first-order valence-electron chi connectivity index (χ1n) is 5.90. The highest BCUT2D eigenvalue weighted by Crippen LogP contribution is 2.17. The Labute approximate surface area is 107 Å². The third kappa shape index (κ3) is 3.48. The summed E-state index contributed by atoms with van der Waals surface area (Å²) < 4.78 is 0. The molecular weight excluding hydrogens is 230 g/mol. The van der Waals surface area contributed by atoms with Gasteiger partial charge in [-0.15, -0.1) is 0 Å². The number of carbonyl (C=O) groups is 1. The lowest BCUT2D eigenvalue weighted by Crippen LogP contribution is -2.40. The highest BCUT2D eigenvalue weighted by molar-refractivity contribution is 5.89. The number of hydrogen-bond donors (Lipinski definition) is 2. The molecule has 1 rings (SSSR count). The van der Waals surface area contributed by atoms with E-state index in [0.717, 1.165) is 5.56 Å². The van der Waals surface area contributed by atoms with Gasteiger partial charge in [-0.1, -0.05) is 35.5 Å². The molecule has 0 saturated heterocycles. The minimum Gasteiger partial charge on any atom is -0.409 e. The number of oxime groups is 1. The zero-order valence-corrected chi connectivity index (χ0v) is 10.7. The number of likely N-dealkylation sites (N-methyl/N-ethyl adjacent to an activating group) is 1. The molecule has 1 amide bonds. The van der Waals surface area contributed by atoms with Gasteiger partial charge in [0.2, 0.25) is 5.91 Å². The average molecular weight is 249 g/mol. The SMILES string of the molecule is CCN(C/C(N)=N/O)C(=O)C(C)c1ccccc1. The van der Waals surface area contributed by atoms with Crippen LogP contribution in [0.3, 0.4) is 0 Å². The molecule has 98 valence electrons. The topological polar surface area (TPSA) is 78.9 Å². The molecule has 0 aromatic heterocycles. The molecule has 1 unspecified atom stereocenters. The van der Waals surface area contributed by atoms with Crippen molar-refractivity contribution in [1.82, 2.24) is 4.90 Å². The summed E-state index contributed by atoms with van der Waals surface area (Å²) in [6, 6.07) is 9.55. The van der Waals surface area contributed by atoms with Gasteiger partial charge in [-0.05, 0) is 19.4 Å². The third-order valence-corrected chi connectivity index (χ3v) is 2.84. The van der Waals surface area contributed by atoms with E-state index in [2.05, 4.69) is 5.16 Å². The molecule has 5 nitrogen and oxygen atoms in total. The average Bonchev–Trinajstić information content (AvgIpc) is 2.43. The highest BCUT2D eigenvalue weighted by atomic mass is 16.4. The largest absolute Gasteiger partial charge is 0.409 e. The second-order valence-corrected chi connectivity index (χ2v) is 4.08. The summed E-state index contributed by atoms with van der Waals surface area (Å²) in [6.45, 7) is 4.38. The predicted octanol–water partition coefficient (Wildman–Crippen LogP) is 1.38. The zero-order chi connectivity index (χ0) is 13.5. The zero-order valence-electron chi connectivity index (χ0n) is 10.7. The molecule has 5 heteroatoms. The van der Waals surface area contributed by atoms with E-state index in [9.17, 15) is 4.79 Å². The Morgan fingerprint density at radius 2 is 2.06 bits per heavy atom. The standard InChI is InChI=1S/C13H19N3O2/c1-3-16(9-12(14)15-18)13(17)10(2)11-7-5-4-6-8-11/h4-8,10,18H,3,9H2,1-2H3,(H2,14,15). The van der Waals surface area contributed by atoms with Crippen LogP contribution in [0.25, 0.3) is 0 Å². The second-order valence-electron chi connectivity index (χ2n) is 4.08. The van der Waals surface area contributed by atoms with Crippen molar-refractivity contribution in [3.8, 4) is 0 Å². The molecule has 0 bridgehead atoms. The van der Waals surface area contributed by atoms with Gasteiger partial charge < -0.3 is 15.8 Å². The van der Waals surface area contributed by atoms with Gasteiger partial charge in [-0.3, -0.25) is 4.79 Å². The van der Waals surface area contributed by atoms with Gasteiger partial charge in [0.05, 0.1) is 12.5 Å². The van der Waals surface area contributed by atoms with E-state index in [-0.39, 0.29) is 24.2 Å². The van der Waals surface area contributed by atoms with E-state index >= 15 is 0 Å². The maximum atomic E-state index is 12.3. The molecule has 18 heavy (non-hydrogen) atoms. The van der Waals surface area contributed by atoms with Gasteiger partial charge in [-0.25, -0.2) is 0 Å². The van der Waals surface area contributed by atoms with Crippen LogP contribution in [-0.2, 0) is 4.79 Å². The van der Waals surface area contributed by atoms with Crippen LogP contribution < -0.4 is 5.73 Å². The summed E-state index contributed by atoms with van der Waals surface area (Å²) in [5.41, 5.74) is 6.39. The Kier molecular flexibility index (Phi) is 5.17. The third-order valence-electron chi connectivity index (χ3n) is 2.84. The van der Waals surface area contributed by atoms with Crippen LogP contribution >= 0.6 is 0 Å². The fourth-order valence-corrected chi connectivity index (χ4v) is 1.73. The molecule has 1 aromatic carbocycles. The van der Waals surface area contributed by atoms with Gasteiger partial charge in [0.15, 0.2) is 5.84 Å². The Hall–Kier alpha value is -2.04. The maximum absolute atomic E-state index is 12.3. The molecule has 3 N–H and O–H groups in total. The summed E-state index contributed by atoms with van der Waals surface area (Å²) in [5, 5.41) is 11.4. The summed E-state index contributed by atoms with van der Waals surface area (Å²) in [7, 11) is 0. The lowest BCUT2D eigenvalue weighted by atomic mass is 10.00. The van der Waals surface area contributed by atoms with E-state index < -0.39 is 0 Å². The first kappa shape index (κ1) is 14.0. The van der Waals surface area contributed by atoms with E-state index in [1.54, 1.807) is 4.90 Å². The van der Waals surface area contributed by atoms with Gasteiger partial charge in [0, 0.05) is 6.54 Å². The van der Waals surface area contributed by atoms with Gasteiger partial charge in [-0.2, -0.15) is 0 Å². The van der Waals surface area contributed by atoms with Crippen molar-refractivity contribution in [2.45, 2.75) is 19.8 Å². The van der Waals surface area contributed by atoms with Crippen LogP contribution in [0.2, 0.25) is 0 Å². The van der Waals surface area contributed by atoms with Gasteiger partial charge in [0.1, 0.15) is 0 Å². The van der Waals surface area contributed by atoms with Crippen molar-refractivity contribution in [2.75, 3.05) is 13.1 Å². The van der Waals surface area contributed by atoms with E-state index in [4.69, 9.17) is 10.9 Å². The highest BCUT2D eigenvalue weighted by Gasteiger charge is 2.21. The van der Waals surface area contributed by atoms with Gasteiger partial charge >= 0.3 is 0 Å². The summed E-state index contributed by atoms with van der Waals surface area (Å²) in [5.74, 6) is -0.238. The van der Waals surface area contributed by atoms with E-state index in [1.165, 1.54) is 0 Å². The summed E-state index contributed by atoms with van der Waals surface area (Å²) in [6.07, 6.45) is 0. The normalized spacial score (nSPS) is 13.1. The minimum atomic E-state index is -0.238. The molecule has 0 aliphatic heterocycles. The van der Waals surface area contributed by atoms with Crippen molar-refractivity contribution >= 4 is 11.7 Å². The van der Waals surface area contributed by atoms with E-state index in [0.29, 0.717) is 6.54 Å². The van der Waals surface area contributed by atoms with Crippen molar-refractivity contribution in [3.63, 3.8) is 0 Å². The molecule has 0 heterocycles. The molecular formula is C13H19N3O2. The number of hydrogen-bond acceptors (Lipinski definition) is 3. The van der Waals surface area contributed by atoms with E-state index in [1.807, 2.05) is 44.2 Å². The number of carbonyl (C=O) groups excluding carboxylic acids is 1. The number of rotatable bonds is 5. The summed E-state index contributed by atoms with van der Waals surface area (Å²) >= 11 is 0. The number of nitrogens with two attached hydrogens (primary N) is 1. The molecule has 0 spiro atoms. The fraction of sp³-hybridized carbons (Fsp3) is 0.385. The van der Waals surface area contributed by atoms with Crippen LogP contribution in [0, 0.1) is 0 Å². The Morgan fingerprint density at radius 1 is 1.44 bits per heavy atom. The van der Waals surface area contributed by atoms with Crippen LogP contribution in [0.15, 0.2) is 35.5 Å². The molecule has 0 radical (unpaired) electrons. The molecule has 0 fully saturated rings. The molecule has 0 saturated carbocycles. The van der Waals surface area contributed by atoms with Crippen molar-refractivity contribution < 1.29 is 10.0 Å². The Bertz CT molecular complexity index is 418. The summed E-state index contributed by atoms with van der Waals surface area (Å²) in [4.78, 5) is 13.8. The molecule has 0 aliphatic rings. The molecule has 0 aliphatic carbocycles. The van der Waals surface area contributed by atoms with Crippen LogP contribution in [0.1, 0.15) is 25.3 Å². The number of benzene rings is 1. The monoisotopic (exact) mass is 249 g/mol. The fourth-order valence-electron chi connectivity index (χ4n) is 1.73. The lowest BCUT2D eigenvalue weighted by molar-refractivity contribution is -0.131. The first-order chi connectivity index (χ1) is 8.60. The number of amides is 1. The maximum Gasteiger partial charge on any atom is 0.230 e. The Morgan fingerprint density at radius 3 is 2.56 bits per heavy atom. The minimum absolute atomic E-state index is 0.0321. The first-order valence-corrected chi connectivity index (χ1v) is 5.90. The van der Waals surface area contributed by atoms with Crippen molar-refractivity contribution in [2.24, 2.45) is 10.9 Å².